The van der Waals surface area contributed by atoms with E-state index in [-0.39, 0.29) is 105 Å². The van der Waals surface area contributed by atoms with Gasteiger partial charge in [-0.15, -0.1) is 0 Å². The summed E-state index contributed by atoms with van der Waals surface area (Å²) in [7, 11) is -8.27. The van der Waals surface area contributed by atoms with E-state index in [9.17, 15) is 79.2 Å². The van der Waals surface area contributed by atoms with Crippen molar-refractivity contribution in [2.24, 2.45) is 0 Å². The molecule has 22 nitrogen and oxygen atoms in total. The molecule has 0 aliphatic carbocycles. The molecule has 582 valence electrons. The molecule has 0 spiro atoms. The van der Waals surface area contributed by atoms with Crippen molar-refractivity contribution in [3.05, 3.63) is 249 Å². The van der Waals surface area contributed by atoms with E-state index in [1.165, 1.54) is 64.3 Å². The number of amides is 1. The summed E-state index contributed by atoms with van der Waals surface area (Å²) in [5, 5.41) is -0.658. The van der Waals surface area contributed by atoms with Crippen LogP contribution in [0.1, 0.15) is 90.1 Å². The van der Waals surface area contributed by atoms with Crippen LogP contribution in [0.15, 0.2) is 166 Å². The summed E-state index contributed by atoms with van der Waals surface area (Å²) in [6, 6.07) is 19.8. The Bertz CT molecular complexity index is 5030. The minimum Gasteiger partial charge on any atom is -1.00 e. The largest absolute Gasteiger partial charge is 2.00 e. The molecule has 0 aliphatic rings. The van der Waals surface area contributed by atoms with Crippen molar-refractivity contribution < 1.29 is 110 Å². The molecule has 1 N–H and O–H groups in total. The van der Waals surface area contributed by atoms with Gasteiger partial charge in [0.25, 0.3) is 36.0 Å². The maximum Gasteiger partial charge on any atom is 2.00 e. The quantitative estimate of drug-likeness (QED) is 0.0150. The number of methoxy groups -OCH3 is 2. The van der Waals surface area contributed by atoms with Gasteiger partial charge in [0.15, 0.2) is 0 Å². The van der Waals surface area contributed by atoms with Crippen molar-refractivity contribution in [1.82, 2.24) is 35.0 Å². The Morgan fingerprint density at radius 1 is 0.486 bits per heavy atom. The Morgan fingerprint density at radius 2 is 0.826 bits per heavy atom. The molecule has 9 rings (SSSR count). The molecule has 6 aromatic heterocycles. The summed E-state index contributed by atoms with van der Waals surface area (Å²) >= 11 is 37.6. The van der Waals surface area contributed by atoms with E-state index < -0.39 is 120 Å². The minimum absolute atomic E-state index is 0. The van der Waals surface area contributed by atoms with Gasteiger partial charge in [0, 0.05) is 86.7 Å². The number of halogens is 17. The minimum atomic E-state index is -4.90. The number of hydrogen-bond acceptors (Lipinski definition) is 18. The van der Waals surface area contributed by atoms with Crippen molar-refractivity contribution in [3.8, 4) is 0 Å². The van der Waals surface area contributed by atoms with Crippen LogP contribution in [0.3, 0.4) is 0 Å². The summed E-state index contributed by atoms with van der Waals surface area (Å²) in [6.45, 7) is 8.17. The van der Waals surface area contributed by atoms with Crippen LogP contribution in [0.5, 0.6) is 0 Å². The predicted octanol–water partition coefficient (Wildman–Crippen LogP) is 14.1. The van der Waals surface area contributed by atoms with Gasteiger partial charge in [-0.1, -0.05) is 69.6 Å². The van der Waals surface area contributed by atoms with E-state index >= 15 is 0 Å². The summed E-state index contributed by atoms with van der Waals surface area (Å²) in [5.41, 5.74) is -2.17. The number of pyridine rings is 6. The Labute approximate surface area is 685 Å². The van der Waals surface area contributed by atoms with Crippen LogP contribution in [-0.4, -0.2) is 143 Å². The van der Waals surface area contributed by atoms with Gasteiger partial charge in [0.2, 0.25) is 11.6 Å². The molecule has 0 aliphatic heterocycles. The van der Waals surface area contributed by atoms with E-state index in [1.807, 2.05) is 27.2 Å². The van der Waals surface area contributed by atoms with Gasteiger partial charge in [0.05, 0.1) is 91.2 Å². The van der Waals surface area contributed by atoms with Gasteiger partial charge in [-0.2, -0.15) is 53.4 Å². The van der Waals surface area contributed by atoms with Gasteiger partial charge >= 0.3 is 41.6 Å². The molecule has 6 heterocycles. The van der Waals surface area contributed by atoms with Gasteiger partial charge in [-0.05, 0) is 146 Å². The van der Waals surface area contributed by atoms with Crippen molar-refractivity contribution in [2.45, 2.75) is 67.8 Å². The number of alkyl halides is 9. The Balaban J connectivity index is 0.000000384. The smallest absolute Gasteiger partial charge is 1.00 e. The molecule has 1 amide bonds. The Kier molecular flexibility index (Phi) is 37.0. The third-order valence-electron chi connectivity index (χ3n) is 13.5. The molecule has 0 radical (unpaired) electrons. The first-order valence-electron chi connectivity index (χ1n) is 29.5. The van der Waals surface area contributed by atoms with Crippen LogP contribution in [0.2, 0.25) is 30.1 Å². The van der Waals surface area contributed by atoms with E-state index in [2.05, 4.69) is 50.6 Å². The Hall–Kier alpha value is -6.66. The van der Waals surface area contributed by atoms with E-state index in [0.29, 0.717) is 39.5 Å². The number of ketones is 2. The molecule has 0 atom stereocenters. The molecule has 9 aromatic rings. The monoisotopic (exact) mass is 1840 g/mol. The second-order valence-corrected chi connectivity index (χ2v) is 30.1. The third kappa shape index (κ3) is 26.5. The average Bonchev–Trinajstić information content (AvgIpc) is 0.775. The van der Waals surface area contributed by atoms with E-state index in [4.69, 9.17) is 83.9 Å². The summed E-state index contributed by atoms with van der Waals surface area (Å²) in [6.07, 6.45) is -4.90. The van der Waals surface area contributed by atoms with Crippen molar-refractivity contribution in [2.75, 3.05) is 55.2 Å². The van der Waals surface area contributed by atoms with Crippen molar-refractivity contribution >= 4 is 173 Å². The molecule has 0 fully saturated rings. The molecule has 43 heteroatoms. The number of aryl methyl sites for hydroxylation is 3. The summed E-state index contributed by atoms with van der Waals surface area (Å²) in [5.74, 6) is -1.54. The number of ether oxygens (including phenoxy) is 2. The first-order chi connectivity index (χ1) is 49.8. The number of nitrogens with one attached hydrogen (secondary N) is 1. The zero-order valence-corrected chi connectivity index (χ0v) is 69.2. The van der Waals surface area contributed by atoms with Gasteiger partial charge in [-0.25, -0.2) is 53.9 Å². The number of carbonyl (C=O) groups excluding carboxylic acids is 3. The van der Waals surface area contributed by atoms with Crippen LogP contribution in [0.25, 0.3) is 0 Å². The molecule has 0 saturated carbocycles. The van der Waals surface area contributed by atoms with Crippen molar-refractivity contribution in [1.29, 1.82) is 0 Å². The normalized spacial score (nSPS) is 11.4. The number of carbonyl (C=O) groups is 3. The van der Waals surface area contributed by atoms with E-state index in [1.54, 1.807) is 45.2 Å². The fourth-order valence-corrected chi connectivity index (χ4v) is 13.9. The molecular weight excluding hydrogens is 1790 g/mol. The standard InChI is InChI=1S/C21H16Cl2F3N3O4S.C19H12Cl2F3N3O3S.C14H10BrCl2F3N2O3S.C9H12N2O2.C3H7.BrH.Mg/c1-12-3-4-13(9-27-12)20(30)19-18(7-14(22)10-28-19)29(11-33-2)34(31,32)15-5-6-17(23)16(8-15)21(24,25)26;1-10-2-3-11(8-25-10)18(28)17-16(6-12(20)9-26-17)27-31(29,30)13-4-5-15(21)14(7-13)19(22,23)24;1-25-7-22(12-4-8(16)6-21-13(12)15)26(23,24)9-2-3-11(17)10(5-9)14(18,19)20;1-7-4-5-8(6-10-7)9(12)11(2)13-3;1-3-2;;/h3-10H,11H2,1-2H3;2-9,27H,1H3;2-6H,7H2,1H3;4-6H,1-3H3;3H,1-2H3;1H;/q;;;;-1;;+2/p-1. The van der Waals surface area contributed by atoms with Crippen LogP contribution >= 0.6 is 85.5 Å². The molecule has 109 heavy (non-hydrogen) atoms. The third-order valence-corrected chi connectivity index (χ3v) is 20.5. The second kappa shape index (κ2) is 41.7. The predicted molar refractivity (Wildman–Crippen MR) is 393 cm³/mol. The number of hydrogen-bond donors (Lipinski definition) is 1. The van der Waals surface area contributed by atoms with Crippen LogP contribution in [-0.2, 0) is 62.9 Å². The SMILES string of the molecule is COCN(c1cc(Cl)cnc1Br)S(=O)(=O)c1ccc(Cl)c(C(F)(F)F)c1.COCN(c1cc(Cl)cnc1C(=O)c1ccc(C)nc1)S(=O)(=O)c1ccc(Cl)c(C(F)(F)F)c1.CON(C)C(=O)c1ccc(C)nc1.C[CH-]C.Cc1ccc(C(=O)c2ncc(Cl)cc2NS(=O)(=O)c2ccc(Cl)c(C(F)(F)F)c2)cn1.[Br-].[Mg+2]. The number of aromatic nitrogens is 6. The number of sulfonamides is 3. The molecular formula is C66H57Br2Cl6F9MgN10O12S3. The number of rotatable bonds is 19. The molecule has 0 saturated heterocycles. The fourth-order valence-electron chi connectivity index (χ4n) is 8.30. The van der Waals surface area contributed by atoms with Gasteiger partial charge in [-0.3, -0.25) is 38.9 Å². The Morgan fingerprint density at radius 3 is 1.20 bits per heavy atom. The van der Waals surface area contributed by atoms with Gasteiger partial charge in [0.1, 0.15) is 29.5 Å². The number of hydroxylamine groups is 2. The second-order valence-electron chi connectivity index (χ2n) is 21.4. The first-order valence-corrected chi connectivity index (χ1v) is 36.9. The topological polar surface area (TPSA) is 280 Å². The average molecular weight is 1850 g/mol. The maximum atomic E-state index is 13.4. The number of nitrogens with zero attached hydrogens (tertiary/aromatic N) is 9. The first kappa shape index (κ1) is 96.5. The molecule has 0 unspecified atom stereocenters. The maximum absolute atomic E-state index is 13.4. The summed E-state index contributed by atoms with van der Waals surface area (Å²) < 4.78 is 210. The molecule has 0 bridgehead atoms. The summed E-state index contributed by atoms with van der Waals surface area (Å²) in [4.78, 5) is 63.9. The fraction of sp³-hybridized carbons (Fsp3) is 0.212. The van der Waals surface area contributed by atoms with Crippen LogP contribution < -0.4 is 30.3 Å². The number of benzene rings is 3. The van der Waals surface area contributed by atoms with Gasteiger partial charge < -0.3 is 32.9 Å². The molecule has 3 aromatic carbocycles. The van der Waals surface area contributed by atoms with Crippen LogP contribution in [0, 0.1) is 27.2 Å². The zero-order chi connectivity index (χ0) is 80.5. The number of anilines is 3. The zero-order valence-electron chi connectivity index (χ0n) is 57.6. The van der Waals surface area contributed by atoms with E-state index in [0.717, 1.165) is 76.0 Å². The van der Waals surface area contributed by atoms with Crippen LogP contribution in [0.4, 0.5) is 56.6 Å². The van der Waals surface area contributed by atoms with Crippen molar-refractivity contribution in [3.63, 3.8) is 0 Å².